The summed E-state index contributed by atoms with van der Waals surface area (Å²) >= 11 is 0. The molecule has 0 saturated carbocycles. The van der Waals surface area contributed by atoms with Gasteiger partial charge in [-0.2, -0.15) is 5.10 Å². The van der Waals surface area contributed by atoms with Crippen LogP contribution >= 0.6 is 0 Å². The van der Waals surface area contributed by atoms with Crippen LogP contribution < -0.4 is 14.9 Å². The molecule has 0 fully saturated rings. The van der Waals surface area contributed by atoms with Crippen LogP contribution in [0.25, 0.3) is 6.08 Å². The summed E-state index contributed by atoms with van der Waals surface area (Å²) in [7, 11) is 1.55. The summed E-state index contributed by atoms with van der Waals surface area (Å²) in [5.41, 5.74) is 2.62. The lowest BCUT2D eigenvalue weighted by atomic mass is 10.1. The third-order valence-corrected chi connectivity index (χ3v) is 3.57. The normalized spacial score (nSPS) is 11.7. The van der Waals surface area contributed by atoms with E-state index >= 15 is 0 Å². The average Bonchev–Trinajstić information content (AvgIpc) is 2.65. The van der Waals surface area contributed by atoms with E-state index in [9.17, 15) is 9.90 Å². The zero-order valence-electron chi connectivity index (χ0n) is 15.7. The van der Waals surface area contributed by atoms with Gasteiger partial charge in [-0.05, 0) is 49.2 Å². The number of aliphatic hydroxyl groups is 1. The molecular weight excluding hydrogens is 344 g/mol. The highest BCUT2D eigenvalue weighted by molar-refractivity contribution is 5.86. The maximum absolute atomic E-state index is 11.6. The van der Waals surface area contributed by atoms with Crippen molar-refractivity contribution in [1.82, 2.24) is 5.43 Å². The van der Waals surface area contributed by atoms with Crippen molar-refractivity contribution in [2.24, 2.45) is 5.10 Å². The molecule has 0 aromatic heterocycles. The molecule has 0 heterocycles. The predicted octanol–water partition coefficient (Wildman–Crippen LogP) is 3.01. The highest BCUT2D eigenvalue weighted by atomic mass is 16.5. The van der Waals surface area contributed by atoms with E-state index in [2.05, 4.69) is 10.5 Å². The van der Waals surface area contributed by atoms with Gasteiger partial charge in [-0.1, -0.05) is 36.4 Å². The van der Waals surface area contributed by atoms with Crippen molar-refractivity contribution < 1.29 is 19.4 Å². The fraction of sp³-hybridized carbons (Fsp3) is 0.238. The first-order valence-corrected chi connectivity index (χ1v) is 8.48. The van der Waals surface area contributed by atoms with Gasteiger partial charge in [0.2, 0.25) is 0 Å². The third kappa shape index (κ3) is 6.60. The van der Waals surface area contributed by atoms with Gasteiger partial charge in [-0.15, -0.1) is 0 Å². The highest BCUT2D eigenvalue weighted by Gasteiger charge is 2.22. The van der Waals surface area contributed by atoms with Crippen molar-refractivity contribution in [3.05, 3.63) is 65.7 Å². The lowest BCUT2D eigenvalue weighted by Crippen LogP contribution is -2.39. The first-order chi connectivity index (χ1) is 12.9. The summed E-state index contributed by atoms with van der Waals surface area (Å²) in [6, 6.07) is 15.3. The van der Waals surface area contributed by atoms with Crippen LogP contribution in [-0.2, 0) is 4.79 Å². The fourth-order valence-corrected chi connectivity index (χ4v) is 2.07. The minimum Gasteiger partial charge on any atom is -0.493 e. The lowest BCUT2D eigenvalue weighted by molar-refractivity contribution is -0.136. The van der Waals surface area contributed by atoms with Gasteiger partial charge < -0.3 is 14.6 Å². The minimum atomic E-state index is -1.49. The van der Waals surface area contributed by atoms with Crippen LogP contribution in [0.1, 0.15) is 25.0 Å². The number of ether oxygens (including phenoxy) is 2. The summed E-state index contributed by atoms with van der Waals surface area (Å²) in [5, 5.41) is 13.4. The monoisotopic (exact) mass is 368 g/mol. The third-order valence-electron chi connectivity index (χ3n) is 3.57. The van der Waals surface area contributed by atoms with Gasteiger partial charge in [0.15, 0.2) is 11.5 Å². The summed E-state index contributed by atoms with van der Waals surface area (Å²) in [5.74, 6) is 0.574. The molecular formula is C21H24N2O4. The van der Waals surface area contributed by atoms with Crippen molar-refractivity contribution >= 4 is 18.2 Å². The van der Waals surface area contributed by atoms with Crippen LogP contribution in [0.15, 0.2) is 59.7 Å². The lowest BCUT2D eigenvalue weighted by Gasteiger charge is -2.13. The Balaban J connectivity index is 1.95. The van der Waals surface area contributed by atoms with E-state index < -0.39 is 11.5 Å². The molecule has 27 heavy (non-hydrogen) atoms. The molecule has 1 amide bonds. The average molecular weight is 368 g/mol. The van der Waals surface area contributed by atoms with Crippen LogP contribution in [0.4, 0.5) is 0 Å². The quantitative estimate of drug-likeness (QED) is 0.554. The largest absolute Gasteiger partial charge is 0.493 e. The number of methoxy groups -OCH3 is 1. The van der Waals surface area contributed by atoms with Gasteiger partial charge in [0.25, 0.3) is 5.91 Å². The molecule has 0 radical (unpaired) electrons. The number of rotatable bonds is 8. The molecule has 0 aliphatic heterocycles. The van der Waals surface area contributed by atoms with E-state index in [0.29, 0.717) is 18.1 Å². The van der Waals surface area contributed by atoms with Crippen LogP contribution in [0.5, 0.6) is 11.5 Å². The van der Waals surface area contributed by atoms with Crippen LogP contribution in [0, 0.1) is 0 Å². The number of carbonyl (C=O) groups is 1. The van der Waals surface area contributed by atoms with Crippen molar-refractivity contribution in [3.63, 3.8) is 0 Å². The van der Waals surface area contributed by atoms with Crippen molar-refractivity contribution in [2.45, 2.75) is 19.4 Å². The van der Waals surface area contributed by atoms with E-state index in [0.717, 1.165) is 11.1 Å². The second-order valence-electron chi connectivity index (χ2n) is 6.29. The topological polar surface area (TPSA) is 80.2 Å². The Morgan fingerprint density at radius 2 is 1.89 bits per heavy atom. The van der Waals surface area contributed by atoms with Crippen molar-refractivity contribution in [3.8, 4) is 11.5 Å². The standard InChI is InChI=1S/C21H24N2O4/c1-21(2,25)20(24)23-22-15-17-11-12-18(19(14-17)26-3)27-13-7-10-16-8-5-4-6-9-16/h4-12,14-15,25H,13H2,1-3H3,(H,23,24)/b10-7+,22-15+. The van der Waals surface area contributed by atoms with E-state index in [-0.39, 0.29) is 0 Å². The Hall–Kier alpha value is -3.12. The zero-order valence-corrected chi connectivity index (χ0v) is 15.7. The van der Waals surface area contributed by atoms with E-state index in [4.69, 9.17) is 9.47 Å². The van der Waals surface area contributed by atoms with Crippen LogP contribution in [0.2, 0.25) is 0 Å². The number of amides is 1. The molecule has 0 atom stereocenters. The molecule has 0 aliphatic rings. The molecule has 0 aliphatic carbocycles. The Labute approximate surface area is 159 Å². The number of benzene rings is 2. The Bertz CT molecular complexity index is 809. The van der Waals surface area contributed by atoms with Gasteiger partial charge in [-0.3, -0.25) is 4.79 Å². The summed E-state index contributed by atoms with van der Waals surface area (Å²) in [4.78, 5) is 11.6. The first kappa shape index (κ1) is 20.2. The number of nitrogens with zero attached hydrogens (tertiary/aromatic N) is 1. The van der Waals surface area contributed by atoms with E-state index in [1.54, 1.807) is 25.3 Å². The summed E-state index contributed by atoms with van der Waals surface area (Å²) < 4.78 is 11.1. The smallest absolute Gasteiger partial charge is 0.271 e. The fourth-order valence-electron chi connectivity index (χ4n) is 2.07. The molecule has 2 rings (SSSR count). The zero-order chi connectivity index (χ0) is 19.7. The van der Waals surface area contributed by atoms with Crippen LogP contribution in [0.3, 0.4) is 0 Å². The number of hydrogen-bond acceptors (Lipinski definition) is 5. The second-order valence-corrected chi connectivity index (χ2v) is 6.29. The molecule has 2 aromatic carbocycles. The van der Waals surface area contributed by atoms with Gasteiger partial charge in [0, 0.05) is 0 Å². The van der Waals surface area contributed by atoms with Crippen molar-refractivity contribution in [1.29, 1.82) is 0 Å². The van der Waals surface area contributed by atoms with Gasteiger partial charge in [0.05, 0.1) is 13.3 Å². The maximum Gasteiger partial charge on any atom is 0.271 e. The van der Waals surface area contributed by atoms with Gasteiger partial charge in [0.1, 0.15) is 12.2 Å². The molecule has 0 unspecified atom stereocenters. The number of hydrazone groups is 1. The Morgan fingerprint density at radius 3 is 2.56 bits per heavy atom. The number of nitrogens with one attached hydrogen (secondary N) is 1. The summed E-state index contributed by atoms with van der Waals surface area (Å²) in [6.45, 7) is 3.18. The molecule has 6 heteroatoms. The molecule has 2 aromatic rings. The Morgan fingerprint density at radius 1 is 1.15 bits per heavy atom. The molecule has 0 spiro atoms. The van der Waals surface area contributed by atoms with Crippen molar-refractivity contribution in [2.75, 3.05) is 13.7 Å². The molecule has 142 valence electrons. The SMILES string of the molecule is COc1cc(/C=N/NC(=O)C(C)(C)O)ccc1OC/C=C/c1ccccc1. The Kier molecular flexibility index (Phi) is 7.14. The van der Waals surface area contributed by atoms with Crippen LogP contribution in [-0.4, -0.2) is 36.5 Å². The molecule has 0 saturated heterocycles. The van der Waals surface area contributed by atoms with Gasteiger partial charge >= 0.3 is 0 Å². The summed E-state index contributed by atoms with van der Waals surface area (Å²) in [6.07, 6.45) is 5.38. The minimum absolute atomic E-state index is 0.403. The predicted molar refractivity (Wildman–Crippen MR) is 106 cm³/mol. The maximum atomic E-state index is 11.6. The number of hydrogen-bond donors (Lipinski definition) is 2. The molecule has 6 nitrogen and oxygen atoms in total. The first-order valence-electron chi connectivity index (χ1n) is 8.48. The number of carbonyl (C=O) groups excluding carboxylic acids is 1. The molecule has 0 bridgehead atoms. The second kappa shape index (κ2) is 9.54. The molecule has 2 N–H and O–H groups in total. The van der Waals surface area contributed by atoms with Gasteiger partial charge in [-0.25, -0.2) is 5.43 Å². The highest BCUT2D eigenvalue weighted by Crippen LogP contribution is 2.27. The van der Waals surface area contributed by atoms with E-state index in [1.807, 2.05) is 42.5 Å². The van der Waals surface area contributed by atoms with E-state index in [1.165, 1.54) is 20.1 Å².